The molecule has 29 heavy (non-hydrogen) atoms. The third-order valence-corrected chi connectivity index (χ3v) is 5.83. The molecule has 7 heteroatoms. The Morgan fingerprint density at radius 3 is 2.48 bits per heavy atom. The average Bonchev–Trinajstić information content (AvgIpc) is 2.72. The normalized spacial score (nSPS) is 23.7. The summed E-state index contributed by atoms with van der Waals surface area (Å²) < 4.78 is 29.8. The number of fused-ring (bicyclic) bond motifs is 4. The maximum atomic E-state index is 11.7. The minimum absolute atomic E-state index is 0.277. The molecule has 2 aromatic carbocycles. The number of carbonyl (C=O) groups is 1. The molecular weight excluding hydrogens is 371 g/mol. The van der Waals surface area contributed by atoms with Crippen LogP contribution in [-0.2, 0) is 25.3 Å². The van der Waals surface area contributed by atoms with E-state index in [-0.39, 0.29) is 12.1 Å². The summed E-state index contributed by atoms with van der Waals surface area (Å²) in [7, 11) is 2.72. The molecule has 3 atom stereocenters. The minimum Gasteiger partial charge on any atom is -0.496 e. The minimum atomic E-state index is -0.734. The van der Waals surface area contributed by atoms with Crippen molar-refractivity contribution in [2.45, 2.75) is 44.5 Å². The lowest BCUT2D eigenvalue weighted by molar-refractivity contribution is -0.171. The number of rotatable bonds is 5. The summed E-state index contributed by atoms with van der Waals surface area (Å²) in [5.74, 6) is 1.17. The maximum absolute atomic E-state index is 11.7. The Morgan fingerprint density at radius 2 is 1.83 bits per heavy atom. The second-order valence-electron chi connectivity index (χ2n) is 7.54. The van der Waals surface area contributed by atoms with E-state index in [0.29, 0.717) is 12.8 Å². The van der Waals surface area contributed by atoms with Gasteiger partial charge in [-0.05, 0) is 24.5 Å². The largest absolute Gasteiger partial charge is 0.496 e. The zero-order valence-electron chi connectivity index (χ0n) is 17.1. The molecule has 4 rings (SSSR count). The van der Waals surface area contributed by atoms with Gasteiger partial charge in [0.2, 0.25) is 0 Å². The Morgan fingerprint density at radius 1 is 1.14 bits per heavy atom. The fourth-order valence-corrected chi connectivity index (χ4v) is 4.43. The molecule has 1 aliphatic heterocycles. The topological polar surface area (TPSA) is 63.2 Å². The van der Waals surface area contributed by atoms with Crippen LogP contribution in [0.1, 0.15) is 37.5 Å². The van der Waals surface area contributed by atoms with E-state index in [1.54, 1.807) is 14.2 Å². The summed E-state index contributed by atoms with van der Waals surface area (Å²) in [6, 6.07) is 13.6. The molecule has 2 bridgehead atoms. The highest BCUT2D eigenvalue weighted by Crippen LogP contribution is 2.51. The molecule has 0 N–H and O–H groups in total. The first kappa shape index (κ1) is 19.8. The Hall–Kier alpha value is -2.51. The van der Waals surface area contributed by atoms with Crippen molar-refractivity contribution in [3.05, 3.63) is 53.6 Å². The van der Waals surface area contributed by atoms with Gasteiger partial charge in [-0.1, -0.05) is 30.3 Å². The molecule has 1 saturated heterocycles. The number of esters is 1. The molecule has 1 heterocycles. The molecule has 1 aliphatic carbocycles. The molecule has 2 aromatic rings. The van der Waals surface area contributed by atoms with Crippen LogP contribution in [0.5, 0.6) is 11.5 Å². The van der Waals surface area contributed by atoms with E-state index in [1.165, 1.54) is 6.92 Å². The van der Waals surface area contributed by atoms with Gasteiger partial charge in [-0.25, -0.2) is 0 Å². The van der Waals surface area contributed by atoms with Crippen molar-refractivity contribution in [2.24, 2.45) is 0 Å². The van der Waals surface area contributed by atoms with Gasteiger partial charge in [0, 0.05) is 30.9 Å². The van der Waals surface area contributed by atoms with Gasteiger partial charge < -0.3 is 23.5 Å². The smallest absolute Gasteiger partial charge is 0.494 e. The molecule has 1 fully saturated rings. The Labute approximate surface area is 171 Å². The number of ether oxygens (including phenoxy) is 3. The molecule has 0 amide bonds. The van der Waals surface area contributed by atoms with E-state index in [9.17, 15) is 4.79 Å². The third-order valence-electron chi connectivity index (χ3n) is 5.83. The molecule has 0 radical (unpaired) electrons. The molecule has 6 nitrogen and oxygen atoms in total. The highest BCUT2D eigenvalue weighted by atomic mass is 16.6. The third kappa shape index (κ3) is 3.49. The van der Waals surface area contributed by atoms with Crippen molar-refractivity contribution < 1.29 is 28.3 Å². The van der Waals surface area contributed by atoms with Crippen LogP contribution in [0.2, 0.25) is 0 Å². The Bertz CT molecular complexity index is 902. The van der Waals surface area contributed by atoms with Crippen LogP contribution >= 0.6 is 0 Å². The van der Waals surface area contributed by atoms with E-state index in [1.807, 2.05) is 49.4 Å². The van der Waals surface area contributed by atoms with Crippen molar-refractivity contribution in [1.29, 1.82) is 0 Å². The lowest BCUT2D eigenvalue weighted by Gasteiger charge is -2.50. The second kappa shape index (κ2) is 7.73. The highest BCUT2D eigenvalue weighted by Gasteiger charge is 2.54. The second-order valence-corrected chi connectivity index (χ2v) is 7.54. The van der Waals surface area contributed by atoms with E-state index in [4.69, 9.17) is 23.5 Å². The van der Waals surface area contributed by atoms with Crippen LogP contribution < -0.4 is 14.9 Å². The van der Waals surface area contributed by atoms with Crippen LogP contribution in [0, 0.1) is 0 Å². The summed E-state index contributed by atoms with van der Waals surface area (Å²) >= 11 is 0. The molecule has 0 saturated carbocycles. The zero-order chi connectivity index (χ0) is 20.6. The summed E-state index contributed by atoms with van der Waals surface area (Å²) in [6.45, 7) is 3.29. The lowest BCUT2D eigenvalue weighted by atomic mass is 9.67. The highest BCUT2D eigenvalue weighted by molar-refractivity contribution is 6.61. The van der Waals surface area contributed by atoms with Crippen molar-refractivity contribution in [3.8, 4) is 11.5 Å². The fraction of sp³-hybridized carbons (Fsp3) is 0.409. The molecule has 0 unspecified atom stereocenters. The quantitative estimate of drug-likeness (QED) is 0.572. The first-order valence-electron chi connectivity index (χ1n) is 9.76. The zero-order valence-corrected chi connectivity index (χ0v) is 17.1. The average molecular weight is 396 g/mol. The van der Waals surface area contributed by atoms with E-state index < -0.39 is 18.8 Å². The van der Waals surface area contributed by atoms with Gasteiger partial charge in [0.25, 0.3) is 0 Å². The monoisotopic (exact) mass is 396 g/mol. The van der Waals surface area contributed by atoms with Crippen molar-refractivity contribution >= 4 is 18.6 Å². The van der Waals surface area contributed by atoms with Crippen LogP contribution in [0.25, 0.3) is 0 Å². The van der Waals surface area contributed by atoms with Gasteiger partial charge in [-0.2, -0.15) is 0 Å². The first-order chi connectivity index (χ1) is 14.0. The number of benzene rings is 2. The molecular formula is C22H25BO6. The van der Waals surface area contributed by atoms with Crippen LogP contribution in [0.15, 0.2) is 42.5 Å². The van der Waals surface area contributed by atoms with Crippen LogP contribution in [0.3, 0.4) is 0 Å². The van der Waals surface area contributed by atoms with E-state index in [2.05, 4.69) is 0 Å². The predicted octanol–water partition coefficient (Wildman–Crippen LogP) is 2.82. The summed E-state index contributed by atoms with van der Waals surface area (Å²) in [6.07, 6.45) is 0.351. The fourth-order valence-electron chi connectivity index (χ4n) is 4.43. The van der Waals surface area contributed by atoms with Crippen molar-refractivity contribution in [3.63, 3.8) is 0 Å². The van der Waals surface area contributed by atoms with Crippen molar-refractivity contribution in [2.75, 3.05) is 14.2 Å². The number of carbonyl (C=O) groups excluding carboxylic acids is 1. The SMILES string of the molecule is COc1ccc(OC)c2c1C[C@@]1([C@@H](C)OC(C)=O)C[C@@H]2OB(c2ccccc2)O1. The molecule has 0 spiro atoms. The molecule has 0 aromatic heterocycles. The summed E-state index contributed by atoms with van der Waals surface area (Å²) in [4.78, 5) is 11.7. The summed E-state index contributed by atoms with van der Waals surface area (Å²) in [5, 5.41) is 0. The van der Waals surface area contributed by atoms with Gasteiger partial charge in [0.15, 0.2) is 0 Å². The van der Waals surface area contributed by atoms with Gasteiger partial charge >= 0.3 is 13.1 Å². The Balaban J connectivity index is 1.83. The Kier molecular flexibility index (Phi) is 5.27. The van der Waals surface area contributed by atoms with Gasteiger partial charge in [0.05, 0.1) is 25.9 Å². The van der Waals surface area contributed by atoms with E-state index >= 15 is 0 Å². The standard InChI is InChI=1S/C22H25BO6/c1-14(27-15(2)24)22-12-17-18(25-3)10-11-19(26-4)21(17)20(13-22)28-23(29-22)16-8-6-5-7-9-16/h5-11,14,20H,12-13H2,1-4H3/t14-,20+,22+/m1/s1. The summed E-state index contributed by atoms with van der Waals surface area (Å²) in [5.41, 5.74) is 2.12. The maximum Gasteiger partial charge on any atom is 0.494 e. The number of hydrogen-bond donors (Lipinski definition) is 0. The van der Waals surface area contributed by atoms with Gasteiger partial charge in [-0.3, -0.25) is 4.79 Å². The van der Waals surface area contributed by atoms with Crippen LogP contribution in [0.4, 0.5) is 0 Å². The predicted molar refractivity (Wildman–Crippen MR) is 109 cm³/mol. The van der Waals surface area contributed by atoms with E-state index in [0.717, 1.165) is 28.1 Å². The van der Waals surface area contributed by atoms with Gasteiger partial charge in [-0.15, -0.1) is 0 Å². The number of hydrogen-bond acceptors (Lipinski definition) is 6. The van der Waals surface area contributed by atoms with Crippen LogP contribution in [-0.4, -0.2) is 39.0 Å². The van der Waals surface area contributed by atoms with Gasteiger partial charge in [0.1, 0.15) is 17.6 Å². The first-order valence-corrected chi connectivity index (χ1v) is 9.76. The number of methoxy groups -OCH3 is 2. The molecule has 2 aliphatic rings. The lowest BCUT2D eigenvalue weighted by Crippen LogP contribution is -2.60. The van der Waals surface area contributed by atoms with Crippen molar-refractivity contribution in [1.82, 2.24) is 0 Å². The molecule has 152 valence electrons.